The van der Waals surface area contributed by atoms with Gasteiger partial charge in [-0.15, -0.1) is 0 Å². The van der Waals surface area contributed by atoms with Crippen LogP contribution in [0, 0.1) is 12.8 Å². The largest absolute Gasteiger partial charge is 0.314 e. The monoisotopic (exact) mass is 215 g/mol. The molecule has 1 aliphatic carbocycles. The van der Waals surface area contributed by atoms with Crippen LogP contribution in [-0.4, -0.2) is 12.6 Å². The summed E-state index contributed by atoms with van der Waals surface area (Å²) < 4.78 is 0. The van der Waals surface area contributed by atoms with Gasteiger partial charge in [-0.05, 0) is 62.6 Å². The Morgan fingerprint density at radius 2 is 2.12 bits per heavy atom. The molecule has 2 aliphatic rings. The van der Waals surface area contributed by atoms with E-state index in [9.17, 15) is 0 Å². The molecule has 1 heteroatoms. The SMILES string of the molecule is Cc1ccc2c(c1)CCC(C1CCCN1)C2. The Morgan fingerprint density at radius 3 is 2.94 bits per heavy atom. The molecule has 2 unspecified atom stereocenters. The van der Waals surface area contributed by atoms with E-state index in [-0.39, 0.29) is 0 Å². The number of hydrogen-bond acceptors (Lipinski definition) is 1. The lowest BCUT2D eigenvalue weighted by Gasteiger charge is -2.29. The average molecular weight is 215 g/mol. The molecule has 86 valence electrons. The van der Waals surface area contributed by atoms with Gasteiger partial charge in [-0.2, -0.15) is 0 Å². The van der Waals surface area contributed by atoms with Crippen LogP contribution >= 0.6 is 0 Å². The quantitative estimate of drug-likeness (QED) is 0.759. The molecule has 0 aromatic heterocycles. The minimum atomic E-state index is 0.800. The number of benzene rings is 1. The predicted octanol–water partition coefficient (Wildman–Crippen LogP) is 2.85. The first-order valence-corrected chi connectivity index (χ1v) is 6.65. The molecule has 1 aliphatic heterocycles. The van der Waals surface area contributed by atoms with Crippen LogP contribution in [0.1, 0.15) is 36.0 Å². The highest BCUT2D eigenvalue weighted by Crippen LogP contribution is 2.30. The van der Waals surface area contributed by atoms with E-state index in [1.807, 2.05) is 0 Å². The fourth-order valence-electron chi connectivity index (χ4n) is 3.37. The second-order valence-electron chi connectivity index (χ2n) is 5.48. The molecule has 0 saturated carbocycles. The highest BCUT2D eigenvalue weighted by molar-refractivity contribution is 5.33. The van der Waals surface area contributed by atoms with Crippen molar-refractivity contribution in [2.45, 2.75) is 45.1 Å². The lowest BCUT2D eigenvalue weighted by molar-refractivity contribution is 0.349. The number of nitrogens with one attached hydrogen (secondary N) is 1. The summed E-state index contributed by atoms with van der Waals surface area (Å²) in [5.41, 5.74) is 4.63. The van der Waals surface area contributed by atoms with E-state index >= 15 is 0 Å². The van der Waals surface area contributed by atoms with Gasteiger partial charge in [0.2, 0.25) is 0 Å². The molecule has 1 heterocycles. The Morgan fingerprint density at radius 1 is 1.19 bits per heavy atom. The second kappa shape index (κ2) is 4.21. The molecule has 0 spiro atoms. The first-order valence-electron chi connectivity index (χ1n) is 6.65. The lowest BCUT2D eigenvalue weighted by Crippen LogP contribution is -2.34. The van der Waals surface area contributed by atoms with Gasteiger partial charge in [-0.3, -0.25) is 0 Å². The number of rotatable bonds is 1. The fraction of sp³-hybridized carbons (Fsp3) is 0.600. The van der Waals surface area contributed by atoms with E-state index in [1.165, 1.54) is 44.2 Å². The lowest BCUT2D eigenvalue weighted by atomic mass is 9.79. The van der Waals surface area contributed by atoms with Gasteiger partial charge in [0.05, 0.1) is 0 Å². The van der Waals surface area contributed by atoms with Crippen molar-refractivity contribution in [3.8, 4) is 0 Å². The summed E-state index contributed by atoms with van der Waals surface area (Å²) in [6, 6.07) is 7.80. The van der Waals surface area contributed by atoms with Gasteiger partial charge >= 0.3 is 0 Å². The first kappa shape index (κ1) is 10.3. The smallest absolute Gasteiger partial charge is 0.00990 e. The normalized spacial score (nSPS) is 29.1. The molecule has 0 bridgehead atoms. The van der Waals surface area contributed by atoms with E-state index in [1.54, 1.807) is 11.1 Å². The van der Waals surface area contributed by atoms with E-state index in [0.717, 1.165) is 12.0 Å². The van der Waals surface area contributed by atoms with Gasteiger partial charge in [0, 0.05) is 6.04 Å². The van der Waals surface area contributed by atoms with Gasteiger partial charge in [0.25, 0.3) is 0 Å². The highest BCUT2D eigenvalue weighted by atomic mass is 14.9. The second-order valence-corrected chi connectivity index (χ2v) is 5.48. The van der Waals surface area contributed by atoms with E-state index in [0.29, 0.717) is 0 Å². The van der Waals surface area contributed by atoms with Crippen LogP contribution in [0.4, 0.5) is 0 Å². The molecule has 1 N–H and O–H groups in total. The molecule has 0 radical (unpaired) electrons. The third kappa shape index (κ3) is 1.89. The molecular weight excluding hydrogens is 194 g/mol. The topological polar surface area (TPSA) is 12.0 Å². The van der Waals surface area contributed by atoms with Crippen LogP contribution in [0.25, 0.3) is 0 Å². The van der Waals surface area contributed by atoms with Gasteiger partial charge in [-0.25, -0.2) is 0 Å². The zero-order chi connectivity index (χ0) is 11.0. The molecular formula is C15H21N. The minimum Gasteiger partial charge on any atom is -0.314 e. The Bertz CT molecular complexity index is 377. The Labute approximate surface area is 98.3 Å². The summed E-state index contributed by atoms with van der Waals surface area (Å²) in [6.07, 6.45) is 6.75. The third-order valence-electron chi connectivity index (χ3n) is 4.30. The zero-order valence-corrected chi connectivity index (χ0v) is 10.1. The van der Waals surface area contributed by atoms with Gasteiger partial charge in [0.15, 0.2) is 0 Å². The molecule has 16 heavy (non-hydrogen) atoms. The number of fused-ring (bicyclic) bond motifs is 1. The molecule has 1 aromatic carbocycles. The summed E-state index contributed by atoms with van der Waals surface area (Å²) in [6.45, 7) is 3.44. The van der Waals surface area contributed by atoms with E-state index in [2.05, 4.69) is 30.4 Å². The molecule has 1 aromatic rings. The summed E-state index contributed by atoms with van der Waals surface area (Å²) in [7, 11) is 0. The maximum absolute atomic E-state index is 3.67. The summed E-state index contributed by atoms with van der Waals surface area (Å²) in [5, 5.41) is 3.67. The Balaban J connectivity index is 1.78. The average Bonchev–Trinajstić information content (AvgIpc) is 2.82. The summed E-state index contributed by atoms with van der Waals surface area (Å²) in [4.78, 5) is 0. The van der Waals surface area contributed by atoms with Crippen molar-refractivity contribution >= 4 is 0 Å². The van der Waals surface area contributed by atoms with Crippen LogP contribution in [-0.2, 0) is 12.8 Å². The standard InChI is InChI=1S/C15H21N/c1-11-4-5-13-10-14(7-6-12(13)9-11)15-3-2-8-16-15/h4-5,9,14-16H,2-3,6-8,10H2,1H3. The fourth-order valence-corrected chi connectivity index (χ4v) is 3.37. The van der Waals surface area contributed by atoms with Gasteiger partial charge in [-0.1, -0.05) is 23.8 Å². The maximum atomic E-state index is 3.67. The van der Waals surface area contributed by atoms with Crippen molar-refractivity contribution in [3.05, 3.63) is 34.9 Å². The van der Waals surface area contributed by atoms with E-state index in [4.69, 9.17) is 0 Å². The molecule has 0 amide bonds. The Hall–Kier alpha value is -0.820. The molecule has 3 rings (SSSR count). The van der Waals surface area contributed by atoms with Crippen molar-refractivity contribution in [1.29, 1.82) is 0 Å². The zero-order valence-electron chi connectivity index (χ0n) is 10.1. The van der Waals surface area contributed by atoms with E-state index < -0.39 is 0 Å². The molecule has 1 fully saturated rings. The van der Waals surface area contributed by atoms with Gasteiger partial charge < -0.3 is 5.32 Å². The first-order chi connectivity index (χ1) is 7.83. The highest BCUT2D eigenvalue weighted by Gasteiger charge is 2.27. The summed E-state index contributed by atoms with van der Waals surface area (Å²) >= 11 is 0. The molecule has 1 nitrogen and oxygen atoms in total. The maximum Gasteiger partial charge on any atom is 0.00990 e. The molecule has 1 saturated heterocycles. The van der Waals surface area contributed by atoms with Crippen LogP contribution < -0.4 is 5.32 Å². The summed E-state index contributed by atoms with van der Waals surface area (Å²) in [5.74, 6) is 0.887. The van der Waals surface area contributed by atoms with Crippen LogP contribution in [0.2, 0.25) is 0 Å². The minimum absolute atomic E-state index is 0.800. The van der Waals surface area contributed by atoms with Crippen molar-refractivity contribution in [1.82, 2.24) is 5.32 Å². The number of hydrogen-bond donors (Lipinski definition) is 1. The Kier molecular flexibility index (Phi) is 2.72. The van der Waals surface area contributed by atoms with Crippen molar-refractivity contribution in [3.63, 3.8) is 0 Å². The van der Waals surface area contributed by atoms with Crippen molar-refractivity contribution in [2.75, 3.05) is 6.54 Å². The van der Waals surface area contributed by atoms with Gasteiger partial charge in [0.1, 0.15) is 0 Å². The van der Waals surface area contributed by atoms with Crippen LogP contribution in [0.15, 0.2) is 18.2 Å². The number of aryl methyl sites for hydroxylation is 2. The van der Waals surface area contributed by atoms with Crippen LogP contribution in [0.3, 0.4) is 0 Å². The van der Waals surface area contributed by atoms with Crippen molar-refractivity contribution in [2.24, 2.45) is 5.92 Å². The third-order valence-corrected chi connectivity index (χ3v) is 4.30. The van der Waals surface area contributed by atoms with Crippen molar-refractivity contribution < 1.29 is 0 Å². The van der Waals surface area contributed by atoms with Crippen LogP contribution in [0.5, 0.6) is 0 Å². The predicted molar refractivity (Wildman–Crippen MR) is 67.7 cm³/mol. The molecule has 2 atom stereocenters.